The fourth-order valence-corrected chi connectivity index (χ4v) is 2.44. The Morgan fingerprint density at radius 1 is 1.28 bits per heavy atom. The van der Waals surface area contributed by atoms with E-state index in [1.54, 1.807) is 0 Å². The first-order valence-corrected chi connectivity index (χ1v) is 6.48. The number of hydrogen-bond acceptors (Lipinski definition) is 2. The van der Waals surface area contributed by atoms with Gasteiger partial charge in [0.2, 0.25) is 5.76 Å². The zero-order valence-electron chi connectivity index (χ0n) is 11.1. The summed E-state index contributed by atoms with van der Waals surface area (Å²) in [5, 5.41) is 10.3. The van der Waals surface area contributed by atoms with Gasteiger partial charge < -0.3 is 4.42 Å². The average Bonchev–Trinajstić information content (AvgIpc) is 3.07. The second-order valence-corrected chi connectivity index (χ2v) is 6.19. The van der Waals surface area contributed by atoms with Crippen LogP contribution in [0.15, 0.2) is 22.6 Å². The lowest BCUT2D eigenvalue weighted by Crippen LogP contribution is -2.10. The minimum atomic E-state index is 0.124. The molecule has 1 aliphatic carbocycles. The van der Waals surface area contributed by atoms with Gasteiger partial charge in [0, 0.05) is 10.9 Å². The summed E-state index contributed by atoms with van der Waals surface area (Å²) in [6.45, 7) is 6.61. The summed E-state index contributed by atoms with van der Waals surface area (Å²) in [4.78, 5) is 0. The minimum absolute atomic E-state index is 0.124. The standard InChI is InChI=1S/C16H17NO/c1-16(2,3)11-6-7-13-12(8-11)15(10-4-5-10)14(9-17)18-13/h6-8,10H,4-5H2,1-3H3. The number of furan rings is 1. The Balaban J connectivity index is 2.26. The zero-order chi connectivity index (χ0) is 12.9. The highest BCUT2D eigenvalue weighted by Gasteiger charge is 2.31. The Bertz CT molecular complexity index is 648. The normalized spacial score (nSPS) is 15.9. The van der Waals surface area contributed by atoms with Crippen LogP contribution in [0.25, 0.3) is 11.0 Å². The lowest BCUT2D eigenvalue weighted by Gasteiger charge is -2.18. The van der Waals surface area contributed by atoms with Crippen molar-refractivity contribution in [3.8, 4) is 6.07 Å². The highest BCUT2D eigenvalue weighted by molar-refractivity contribution is 5.85. The van der Waals surface area contributed by atoms with Crippen molar-refractivity contribution < 1.29 is 4.42 Å². The Morgan fingerprint density at radius 2 is 2.00 bits per heavy atom. The van der Waals surface area contributed by atoms with Gasteiger partial charge in [-0.3, -0.25) is 0 Å². The molecule has 2 heteroatoms. The van der Waals surface area contributed by atoms with Crippen LogP contribution in [0.2, 0.25) is 0 Å². The maximum Gasteiger partial charge on any atom is 0.208 e. The molecule has 0 aliphatic heterocycles. The number of benzene rings is 1. The van der Waals surface area contributed by atoms with Gasteiger partial charge in [-0.05, 0) is 41.9 Å². The first-order valence-electron chi connectivity index (χ1n) is 6.48. The summed E-state index contributed by atoms with van der Waals surface area (Å²) >= 11 is 0. The van der Waals surface area contributed by atoms with Crippen LogP contribution in [0.4, 0.5) is 0 Å². The Labute approximate surface area is 107 Å². The second-order valence-electron chi connectivity index (χ2n) is 6.19. The molecule has 1 aliphatic rings. The van der Waals surface area contributed by atoms with Crippen LogP contribution in [0, 0.1) is 11.3 Å². The van der Waals surface area contributed by atoms with E-state index in [0.29, 0.717) is 11.7 Å². The molecule has 18 heavy (non-hydrogen) atoms. The van der Waals surface area contributed by atoms with Crippen molar-refractivity contribution in [2.24, 2.45) is 0 Å². The Morgan fingerprint density at radius 3 is 2.56 bits per heavy atom. The lowest BCUT2D eigenvalue weighted by molar-refractivity contribution is 0.586. The molecule has 0 spiro atoms. The smallest absolute Gasteiger partial charge is 0.208 e. The van der Waals surface area contributed by atoms with Crippen LogP contribution in [0.3, 0.4) is 0 Å². The fraction of sp³-hybridized carbons (Fsp3) is 0.438. The first kappa shape index (κ1) is 11.3. The van der Waals surface area contributed by atoms with E-state index in [-0.39, 0.29) is 5.41 Å². The molecule has 0 atom stereocenters. The van der Waals surface area contributed by atoms with Gasteiger partial charge in [-0.1, -0.05) is 26.8 Å². The monoisotopic (exact) mass is 239 g/mol. The van der Waals surface area contributed by atoms with Gasteiger partial charge >= 0.3 is 0 Å². The largest absolute Gasteiger partial charge is 0.445 e. The highest BCUT2D eigenvalue weighted by Crippen LogP contribution is 2.46. The number of fused-ring (bicyclic) bond motifs is 1. The lowest BCUT2D eigenvalue weighted by atomic mass is 9.86. The molecule has 0 radical (unpaired) electrons. The molecule has 3 rings (SSSR count). The Kier molecular flexibility index (Phi) is 2.28. The molecule has 2 aromatic rings. The van der Waals surface area contributed by atoms with E-state index in [1.165, 1.54) is 18.4 Å². The van der Waals surface area contributed by atoms with Crippen molar-refractivity contribution in [3.63, 3.8) is 0 Å². The molecular weight excluding hydrogens is 222 g/mol. The van der Waals surface area contributed by atoms with Crippen molar-refractivity contribution in [3.05, 3.63) is 35.1 Å². The molecule has 1 aromatic heterocycles. The van der Waals surface area contributed by atoms with E-state index in [0.717, 1.165) is 16.5 Å². The summed E-state index contributed by atoms with van der Waals surface area (Å²) in [7, 11) is 0. The molecule has 2 nitrogen and oxygen atoms in total. The maximum atomic E-state index is 9.18. The van der Waals surface area contributed by atoms with Crippen LogP contribution < -0.4 is 0 Å². The molecule has 92 valence electrons. The van der Waals surface area contributed by atoms with E-state index >= 15 is 0 Å². The number of hydrogen-bond donors (Lipinski definition) is 0. The zero-order valence-corrected chi connectivity index (χ0v) is 11.1. The number of nitriles is 1. The van der Waals surface area contributed by atoms with Crippen LogP contribution in [-0.2, 0) is 5.41 Å². The molecule has 1 fully saturated rings. The molecular formula is C16H17NO. The third kappa shape index (κ3) is 1.71. The van der Waals surface area contributed by atoms with Crippen molar-refractivity contribution >= 4 is 11.0 Å². The third-order valence-electron chi connectivity index (χ3n) is 3.68. The topological polar surface area (TPSA) is 36.9 Å². The summed E-state index contributed by atoms with van der Waals surface area (Å²) < 4.78 is 5.66. The molecule has 0 saturated heterocycles. The van der Waals surface area contributed by atoms with E-state index in [4.69, 9.17) is 4.42 Å². The molecule has 0 unspecified atom stereocenters. The van der Waals surface area contributed by atoms with Crippen LogP contribution in [0.1, 0.15) is 56.4 Å². The predicted molar refractivity (Wildman–Crippen MR) is 71.6 cm³/mol. The molecule has 1 heterocycles. The van der Waals surface area contributed by atoms with E-state index in [2.05, 4.69) is 39.0 Å². The molecule has 0 bridgehead atoms. The van der Waals surface area contributed by atoms with Crippen molar-refractivity contribution in [1.82, 2.24) is 0 Å². The number of rotatable bonds is 1. The molecule has 1 aromatic carbocycles. The van der Waals surface area contributed by atoms with Crippen LogP contribution >= 0.6 is 0 Å². The van der Waals surface area contributed by atoms with Gasteiger partial charge in [-0.2, -0.15) is 5.26 Å². The fourth-order valence-electron chi connectivity index (χ4n) is 2.44. The van der Waals surface area contributed by atoms with Crippen LogP contribution in [-0.4, -0.2) is 0 Å². The molecule has 0 N–H and O–H groups in total. The number of nitrogens with zero attached hydrogens (tertiary/aromatic N) is 1. The summed E-state index contributed by atoms with van der Waals surface area (Å²) in [6.07, 6.45) is 2.37. The highest BCUT2D eigenvalue weighted by atomic mass is 16.3. The summed E-state index contributed by atoms with van der Waals surface area (Å²) in [5.74, 6) is 1.05. The first-order chi connectivity index (χ1) is 8.50. The average molecular weight is 239 g/mol. The van der Waals surface area contributed by atoms with Gasteiger partial charge in [0.15, 0.2) is 0 Å². The maximum absolute atomic E-state index is 9.18. The SMILES string of the molecule is CC(C)(C)c1ccc2oc(C#N)c(C3CC3)c2c1. The summed E-state index contributed by atoms with van der Waals surface area (Å²) in [6, 6.07) is 8.50. The third-order valence-corrected chi connectivity index (χ3v) is 3.68. The quantitative estimate of drug-likeness (QED) is 0.735. The Hall–Kier alpha value is -1.75. The van der Waals surface area contributed by atoms with Crippen molar-refractivity contribution in [2.45, 2.75) is 44.9 Å². The van der Waals surface area contributed by atoms with Gasteiger partial charge in [0.1, 0.15) is 11.7 Å². The van der Waals surface area contributed by atoms with Crippen molar-refractivity contribution in [2.75, 3.05) is 0 Å². The van der Waals surface area contributed by atoms with Gasteiger partial charge in [-0.25, -0.2) is 0 Å². The van der Waals surface area contributed by atoms with E-state index in [1.807, 2.05) is 6.07 Å². The predicted octanol–water partition coefficient (Wildman–Crippen LogP) is 4.48. The van der Waals surface area contributed by atoms with Crippen molar-refractivity contribution in [1.29, 1.82) is 5.26 Å². The van der Waals surface area contributed by atoms with Gasteiger partial charge in [-0.15, -0.1) is 0 Å². The van der Waals surface area contributed by atoms with E-state index < -0.39 is 0 Å². The second kappa shape index (κ2) is 3.62. The minimum Gasteiger partial charge on any atom is -0.445 e. The summed E-state index contributed by atoms with van der Waals surface area (Å²) in [5.41, 5.74) is 3.40. The van der Waals surface area contributed by atoms with E-state index in [9.17, 15) is 5.26 Å². The molecule has 1 saturated carbocycles. The van der Waals surface area contributed by atoms with Gasteiger partial charge in [0.05, 0.1) is 0 Å². The van der Waals surface area contributed by atoms with Gasteiger partial charge in [0.25, 0.3) is 0 Å². The van der Waals surface area contributed by atoms with Crippen LogP contribution in [0.5, 0.6) is 0 Å². The molecule has 0 amide bonds.